The van der Waals surface area contributed by atoms with Gasteiger partial charge in [0.1, 0.15) is 12.1 Å². The predicted molar refractivity (Wildman–Crippen MR) is 122 cm³/mol. The van der Waals surface area contributed by atoms with Crippen LogP contribution in [0.1, 0.15) is 23.6 Å². The van der Waals surface area contributed by atoms with Gasteiger partial charge in [-0.2, -0.15) is 25.1 Å². The molecule has 0 radical (unpaired) electrons. The third kappa shape index (κ3) is 4.15. The molecule has 1 aromatic carbocycles. The number of benzene rings is 1. The zero-order chi connectivity index (χ0) is 25.4. The molecule has 0 aliphatic carbocycles. The Bertz CT molecular complexity index is 1450. The maximum atomic E-state index is 14.3. The Morgan fingerprint density at radius 2 is 1.94 bits per heavy atom. The maximum Gasteiger partial charge on any atom is 0.351 e. The van der Waals surface area contributed by atoms with E-state index in [2.05, 4.69) is 20.2 Å². The predicted octanol–water partition coefficient (Wildman–Crippen LogP) is 1.19. The quantitative estimate of drug-likeness (QED) is 0.535. The van der Waals surface area contributed by atoms with E-state index in [1.54, 1.807) is 22.1 Å². The van der Waals surface area contributed by atoms with Crippen LogP contribution in [-0.2, 0) is 7.05 Å². The van der Waals surface area contributed by atoms with Gasteiger partial charge in [-0.3, -0.25) is 4.57 Å². The monoisotopic (exact) mass is 494 g/mol. The van der Waals surface area contributed by atoms with Crippen LogP contribution in [0.4, 0.5) is 19.5 Å². The van der Waals surface area contributed by atoms with E-state index in [1.807, 2.05) is 6.07 Å². The summed E-state index contributed by atoms with van der Waals surface area (Å²) in [6, 6.07) is 5.05. The van der Waals surface area contributed by atoms with Gasteiger partial charge in [0.15, 0.2) is 11.6 Å². The number of nitrogens with zero attached hydrogens (tertiary/aromatic N) is 10. The van der Waals surface area contributed by atoms with Crippen molar-refractivity contribution in [3.8, 4) is 11.9 Å². The minimum Gasteiger partial charge on any atom is -0.337 e. The maximum absolute atomic E-state index is 14.3. The number of rotatable bonds is 3. The van der Waals surface area contributed by atoms with Crippen LogP contribution >= 0.6 is 0 Å². The van der Waals surface area contributed by atoms with Crippen LogP contribution in [0.15, 0.2) is 40.6 Å². The molecule has 2 aromatic heterocycles. The van der Waals surface area contributed by atoms with Gasteiger partial charge in [0.25, 0.3) is 0 Å². The van der Waals surface area contributed by atoms with Crippen LogP contribution in [0.2, 0.25) is 0 Å². The molecule has 36 heavy (non-hydrogen) atoms. The van der Waals surface area contributed by atoms with E-state index in [1.165, 1.54) is 29.0 Å². The first-order chi connectivity index (χ1) is 17.4. The Morgan fingerprint density at radius 1 is 1.17 bits per heavy atom. The minimum absolute atomic E-state index is 0.171. The summed E-state index contributed by atoms with van der Waals surface area (Å²) >= 11 is 0. The number of urea groups is 1. The first kappa shape index (κ1) is 23.1. The Hall–Kier alpha value is -4.67. The van der Waals surface area contributed by atoms with E-state index in [0.717, 1.165) is 16.9 Å². The Morgan fingerprint density at radius 3 is 2.64 bits per heavy atom. The number of aromatic nitrogens is 5. The van der Waals surface area contributed by atoms with Crippen LogP contribution in [-0.4, -0.2) is 72.6 Å². The second kappa shape index (κ2) is 9.17. The summed E-state index contributed by atoms with van der Waals surface area (Å²) in [4.78, 5) is 37.0. The number of carbonyl (C=O) groups is 1. The van der Waals surface area contributed by atoms with Gasteiger partial charge in [-0.1, -0.05) is 0 Å². The highest BCUT2D eigenvalue weighted by Gasteiger charge is 2.34. The number of nitriles is 1. The highest BCUT2D eigenvalue weighted by Crippen LogP contribution is 2.30. The van der Waals surface area contributed by atoms with Gasteiger partial charge in [0.05, 0.1) is 23.9 Å². The standard InChI is InChI=1S/C22H20F2N10O2/c1-30-13-28-34(21(30)35)19-17(24)12-26-20(29-19)31-4-6-32(7-5-31)22(36)33-18(2-3-27-33)15-8-14(11-25)9-16(23)10-15/h3,8-10,12-13,18H,2,4-7H2,1H3. The SMILES string of the molecule is Cn1cnn(-c2nc(N3CCN(C(=O)N4N=CCC4c4cc(F)cc(C#N)c4)CC3)ncc2F)c1=O. The van der Waals surface area contributed by atoms with Crippen molar-refractivity contribution in [1.82, 2.24) is 34.2 Å². The molecule has 2 aliphatic rings. The average molecular weight is 494 g/mol. The van der Waals surface area contributed by atoms with Crippen molar-refractivity contribution in [3.05, 3.63) is 64.0 Å². The summed E-state index contributed by atoms with van der Waals surface area (Å²) in [7, 11) is 1.49. The molecule has 3 aromatic rings. The molecule has 14 heteroatoms. The molecular formula is C22H20F2N10O2. The van der Waals surface area contributed by atoms with Crippen molar-refractivity contribution in [2.24, 2.45) is 12.1 Å². The van der Waals surface area contributed by atoms with Gasteiger partial charge in [-0.05, 0) is 23.8 Å². The third-order valence-corrected chi connectivity index (χ3v) is 6.03. The van der Waals surface area contributed by atoms with Crippen LogP contribution in [0, 0.1) is 23.0 Å². The largest absolute Gasteiger partial charge is 0.351 e. The first-order valence-corrected chi connectivity index (χ1v) is 11.1. The zero-order valence-electron chi connectivity index (χ0n) is 19.1. The molecular weight excluding hydrogens is 474 g/mol. The van der Waals surface area contributed by atoms with Crippen LogP contribution in [0.5, 0.6) is 0 Å². The third-order valence-electron chi connectivity index (χ3n) is 6.03. The Labute approximate surface area is 203 Å². The van der Waals surface area contributed by atoms with E-state index >= 15 is 0 Å². The Balaban J connectivity index is 1.29. The summed E-state index contributed by atoms with van der Waals surface area (Å²) in [5.41, 5.74) is 0.118. The molecule has 0 spiro atoms. The van der Waals surface area contributed by atoms with Gasteiger partial charge >= 0.3 is 11.7 Å². The molecule has 184 valence electrons. The summed E-state index contributed by atoms with van der Waals surface area (Å²) in [5.74, 6) is -1.39. The molecule has 12 nitrogen and oxygen atoms in total. The van der Waals surface area contributed by atoms with Gasteiger partial charge in [-0.15, -0.1) is 0 Å². The molecule has 1 saturated heterocycles. The normalized spacial score (nSPS) is 17.5. The number of amides is 2. The van der Waals surface area contributed by atoms with Crippen LogP contribution < -0.4 is 10.6 Å². The van der Waals surface area contributed by atoms with Crippen molar-refractivity contribution in [1.29, 1.82) is 5.26 Å². The fourth-order valence-corrected chi connectivity index (χ4v) is 4.16. The van der Waals surface area contributed by atoms with E-state index < -0.39 is 23.4 Å². The van der Waals surface area contributed by atoms with Crippen molar-refractivity contribution in [2.45, 2.75) is 12.5 Å². The molecule has 0 N–H and O–H groups in total. The van der Waals surface area contributed by atoms with E-state index in [0.29, 0.717) is 38.2 Å². The van der Waals surface area contributed by atoms with Crippen molar-refractivity contribution in [3.63, 3.8) is 0 Å². The lowest BCUT2D eigenvalue weighted by Gasteiger charge is -2.37. The van der Waals surface area contributed by atoms with E-state index in [9.17, 15) is 18.4 Å². The topological polar surface area (TPSA) is 129 Å². The number of carbonyl (C=O) groups excluding carboxylic acids is 1. The summed E-state index contributed by atoms with van der Waals surface area (Å²) in [6.45, 7) is 1.33. The summed E-state index contributed by atoms with van der Waals surface area (Å²) < 4.78 is 30.4. The second-order valence-electron chi connectivity index (χ2n) is 8.31. The number of hydrazone groups is 1. The van der Waals surface area contributed by atoms with Crippen LogP contribution in [0.3, 0.4) is 0 Å². The molecule has 1 atom stereocenters. The number of hydrogen-bond donors (Lipinski definition) is 0. The summed E-state index contributed by atoms with van der Waals surface area (Å²) in [6.07, 6.45) is 4.23. The lowest BCUT2D eigenvalue weighted by atomic mass is 10.0. The van der Waals surface area contributed by atoms with Crippen molar-refractivity contribution < 1.29 is 13.6 Å². The van der Waals surface area contributed by atoms with Gasteiger partial charge in [0, 0.05) is 45.9 Å². The molecule has 2 amide bonds. The fourth-order valence-electron chi connectivity index (χ4n) is 4.16. The highest BCUT2D eigenvalue weighted by molar-refractivity contribution is 5.78. The van der Waals surface area contributed by atoms with Crippen LogP contribution in [0.25, 0.3) is 5.82 Å². The van der Waals surface area contributed by atoms with Gasteiger partial charge in [0.2, 0.25) is 5.95 Å². The second-order valence-corrected chi connectivity index (χ2v) is 8.31. The highest BCUT2D eigenvalue weighted by atomic mass is 19.1. The van der Waals surface area contributed by atoms with Crippen molar-refractivity contribution >= 4 is 18.2 Å². The molecule has 1 unspecified atom stereocenters. The van der Waals surface area contributed by atoms with Crippen molar-refractivity contribution in [2.75, 3.05) is 31.1 Å². The van der Waals surface area contributed by atoms with Gasteiger partial charge in [-0.25, -0.2) is 28.4 Å². The molecule has 2 aliphatic heterocycles. The number of halogens is 2. The number of piperazine rings is 1. The van der Waals surface area contributed by atoms with E-state index in [-0.39, 0.29) is 23.4 Å². The minimum atomic E-state index is -0.789. The molecule has 0 bridgehead atoms. The smallest absolute Gasteiger partial charge is 0.337 e. The zero-order valence-corrected chi connectivity index (χ0v) is 19.1. The molecule has 1 fully saturated rings. The number of aryl methyl sites for hydroxylation is 1. The lowest BCUT2D eigenvalue weighted by Crippen LogP contribution is -2.52. The van der Waals surface area contributed by atoms with Gasteiger partial charge < -0.3 is 9.80 Å². The summed E-state index contributed by atoms with van der Waals surface area (Å²) in [5, 5.41) is 18.5. The average Bonchev–Trinajstić information content (AvgIpc) is 3.51. The fraction of sp³-hybridized carbons (Fsp3) is 0.318. The Kier molecular flexibility index (Phi) is 5.88. The number of hydrogen-bond acceptors (Lipinski definition) is 8. The lowest BCUT2D eigenvalue weighted by molar-refractivity contribution is 0.139. The number of anilines is 1. The molecule has 5 rings (SSSR count). The molecule has 4 heterocycles. The molecule has 0 saturated carbocycles. The van der Waals surface area contributed by atoms with E-state index in [4.69, 9.17) is 5.26 Å². The first-order valence-electron chi connectivity index (χ1n) is 11.1.